The van der Waals surface area contributed by atoms with E-state index in [9.17, 15) is 0 Å². The van der Waals surface area contributed by atoms with E-state index in [-0.39, 0.29) is 5.41 Å². The summed E-state index contributed by atoms with van der Waals surface area (Å²) in [7, 11) is 0. The third-order valence-electron chi connectivity index (χ3n) is 4.97. The van der Waals surface area contributed by atoms with E-state index in [1.54, 1.807) is 0 Å². The Hall–Kier alpha value is -2.05. The van der Waals surface area contributed by atoms with Crippen LogP contribution >= 0.6 is 11.6 Å². The largest absolute Gasteiger partial charge is 0.0843 e. The minimum Gasteiger partial charge on any atom is -0.0843 e. The molecule has 0 nitrogen and oxygen atoms in total. The lowest BCUT2D eigenvalue weighted by Gasteiger charge is -2.29. The van der Waals surface area contributed by atoms with Crippen molar-refractivity contribution >= 4 is 11.6 Å². The lowest BCUT2D eigenvalue weighted by Crippen LogP contribution is -2.17. The van der Waals surface area contributed by atoms with Crippen LogP contribution in [-0.4, -0.2) is 0 Å². The van der Waals surface area contributed by atoms with Crippen molar-refractivity contribution in [2.45, 2.75) is 26.7 Å². The molecule has 1 aliphatic carbocycles. The van der Waals surface area contributed by atoms with E-state index >= 15 is 0 Å². The zero-order valence-electron chi connectivity index (χ0n) is 14.3. The van der Waals surface area contributed by atoms with Crippen LogP contribution in [0.5, 0.6) is 0 Å². The molecule has 120 valence electrons. The Bertz CT molecular complexity index is 898. The normalized spacial score (nSPS) is 15.9. The van der Waals surface area contributed by atoms with Crippen molar-refractivity contribution < 1.29 is 0 Å². The van der Waals surface area contributed by atoms with Crippen LogP contribution < -0.4 is 0 Å². The summed E-state index contributed by atoms with van der Waals surface area (Å²) in [4.78, 5) is 0. The lowest BCUT2D eigenvalue weighted by atomic mass is 9.75. The van der Waals surface area contributed by atoms with E-state index in [1.807, 2.05) is 12.1 Å². The van der Waals surface area contributed by atoms with Gasteiger partial charge in [-0.3, -0.25) is 0 Å². The highest BCUT2D eigenvalue weighted by Gasteiger charge is 2.36. The van der Waals surface area contributed by atoms with E-state index < -0.39 is 0 Å². The van der Waals surface area contributed by atoms with Crippen LogP contribution in [0.3, 0.4) is 0 Å². The van der Waals surface area contributed by atoms with E-state index in [0.29, 0.717) is 5.92 Å². The topological polar surface area (TPSA) is 0 Å². The fraction of sp³-hybridized carbons (Fsp3) is 0.217. The monoisotopic (exact) mass is 332 g/mol. The minimum atomic E-state index is 0.181. The van der Waals surface area contributed by atoms with Gasteiger partial charge in [-0.05, 0) is 57.0 Å². The van der Waals surface area contributed by atoms with Crippen LogP contribution in [0.15, 0.2) is 66.7 Å². The summed E-state index contributed by atoms with van der Waals surface area (Å²) >= 11 is 6.04. The molecular weight excluding hydrogens is 312 g/mol. The van der Waals surface area contributed by atoms with E-state index in [4.69, 9.17) is 11.6 Å². The van der Waals surface area contributed by atoms with Gasteiger partial charge in [-0.1, -0.05) is 80.9 Å². The van der Waals surface area contributed by atoms with Gasteiger partial charge < -0.3 is 0 Å². The Labute approximate surface area is 149 Å². The van der Waals surface area contributed by atoms with Gasteiger partial charge in [0, 0.05) is 10.9 Å². The molecule has 0 N–H and O–H groups in total. The summed E-state index contributed by atoms with van der Waals surface area (Å²) < 4.78 is 0. The summed E-state index contributed by atoms with van der Waals surface area (Å²) in [6.07, 6.45) is 0. The number of benzene rings is 3. The maximum atomic E-state index is 6.04. The molecule has 0 radical (unpaired) electrons. The standard InChI is InChI=1S/C23H21Cl/c1-23(2,3)22-20-7-5-4-6-18(20)19-13-10-16(14-21(19)22)15-8-11-17(24)12-9-15/h4-14,22H,1-3H3. The summed E-state index contributed by atoms with van der Waals surface area (Å²) in [5.41, 5.74) is 8.31. The molecule has 0 spiro atoms. The predicted molar refractivity (Wildman–Crippen MR) is 104 cm³/mol. The predicted octanol–water partition coefficient (Wildman–Crippen LogP) is 7.17. The fourth-order valence-electron chi connectivity index (χ4n) is 3.96. The van der Waals surface area contributed by atoms with Crippen LogP contribution in [-0.2, 0) is 0 Å². The molecule has 1 atom stereocenters. The first kappa shape index (κ1) is 15.5. The molecule has 0 saturated carbocycles. The SMILES string of the molecule is CC(C)(C)C1c2ccccc2-c2ccc(-c3ccc(Cl)cc3)cc21. The Morgan fingerprint density at radius 2 is 1.33 bits per heavy atom. The zero-order chi connectivity index (χ0) is 16.9. The quantitative estimate of drug-likeness (QED) is 0.443. The molecule has 0 heterocycles. The Morgan fingerprint density at radius 3 is 2.04 bits per heavy atom. The van der Waals surface area contributed by atoms with Gasteiger partial charge in [0.15, 0.2) is 0 Å². The highest BCUT2D eigenvalue weighted by atomic mass is 35.5. The molecular formula is C23H21Cl. The summed E-state index contributed by atoms with van der Waals surface area (Å²) in [6, 6.07) is 23.8. The van der Waals surface area contributed by atoms with Crippen molar-refractivity contribution in [3.63, 3.8) is 0 Å². The van der Waals surface area contributed by atoms with Crippen LogP contribution in [0.4, 0.5) is 0 Å². The van der Waals surface area contributed by atoms with E-state index in [2.05, 4.69) is 75.4 Å². The summed E-state index contributed by atoms with van der Waals surface area (Å²) in [5.74, 6) is 0.427. The minimum absolute atomic E-state index is 0.181. The molecule has 0 fully saturated rings. The lowest BCUT2D eigenvalue weighted by molar-refractivity contribution is 0.363. The Balaban J connectivity index is 1.90. The van der Waals surface area contributed by atoms with Crippen LogP contribution in [0, 0.1) is 5.41 Å². The Kier molecular flexibility index (Phi) is 3.54. The van der Waals surface area contributed by atoms with Gasteiger partial charge in [0.2, 0.25) is 0 Å². The first-order valence-electron chi connectivity index (χ1n) is 8.44. The van der Waals surface area contributed by atoms with Gasteiger partial charge in [-0.2, -0.15) is 0 Å². The average molecular weight is 333 g/mol. The average Bonchev–Trinajstić information content (AvgIpc) is 2.89. The molecule has 0 aromatic heterocycles. The second-order valence-corrected chi connectivity index (χ2v) is 8.13. The van der Waals surface area contributed by atoms with Gasteiger partial charge in [0.25, 0.3) is 0 Å². The molecule has 1 heteroatoms. The van der Waals surface area contributed by atoms with Gasteiger partial charge in [0.05, 0.1) is 0 Å². The molecule has 3 aromatic carbocycles. The maximum absolute atomic E-state index is 6.04. The Morgan fingerprint density at radius 1 is 0.708 bits per heavy atom. The van der Waals surface area contributed by atoms with Crippen molar-refractivity contribution in [2.75, 3.05) is 0 Å². The number of fused-ring (bicyclic) bond motifs is 3. The second-order valence-electron chi connectivity index (χ2n) is 7.70. The van der Waals surface area contributed by atoms with Gasteiger partial charge in [-0.15, -0.1) is 0 Å². The van der Waals surface area contributed by atoms with E-state index in [0.717, 1.165) is 5.02 Å². The van der Waals surface area contributed by atoms with Crippen molar-refractivity contribution in [1.29, 1.82) is 0 Å². The number of hydrogen-bond donors (Lipinski definition) is 0. The number of halogens is 1. The molecule has 0 bridgehead atoms. The number of hydrogen-bond acceptors (Lipinski definition) is 0. The highest BCUT2D eigenvalue weighted by Crippen LogP contribution is 2.53. The third-order valence-corrected chi connectivity index (χ3v) is 5.22. The van der Waals surface area contributed by atoms with Gasteiger partial charge in [0.1, 0.15) is 0 Å². The summed E-state index contributed by atoms with van der Waals surface area (Å²) in [6.45, 7) is 7.00. The molecule has 4 rings (SSSR count). The van der Waals surface area contributed by atoms with Crippen LogP contribution in [0.1, 0.15) is 37.8 Å². The van der Waals surface area contributed by atoms with Gasteiger partial charge >= 0.3 is 0 Å². The molecule has 3 aromatic rings. The zero-order valence-corrected chi connectivity index (χ0v) is 15.1. The molecule has 0 saturated heterocycles. The smallest absolute Gasteiger partial charge is 0.0406 e. The van der Waals surface area contributed by atoms with E-state index in [1.165, 1.54) is 33.4 Å². The number of rotatable bonds is 1. The van der Waals surface area contributed by atoms with Crippen molar-refractivity contribution in [3.05, 3.63) is 82.9 Å². The molecule has 24 heavy (non-hydrogen) atoms. The van der Waals surface area contributed by atoms with Crippen molar-refractivity contribution in [1.82, 2.24) is 0 Å². The van der Waals surface area contributed by atoms with Gasteiger partial charge in [-0.25, -0.2) is 0 Å². The molecule has 0 aliphatic heterocycles. The van der Waals surface area contributed by atoms with Crippen LogP contribution in [0.2, 0.25) is 5.02 Å². The third kappa shape index (κ3) is 2.46. The second kappa shape index (κ2) is 5.50. The highest BCUT2D eigenvalue weighted by molar-refractivity contribution is 6.30. The fourth-order valence-corrected chi connectivity index (χ4v) is 4.09. The molecule has 1 unspecified atom stereocenters. The van der Waals surface area contributed by atoms with Crippen molar-refractivity contribution in [3.8, 4) is 22.3 Å². The summed E-state index contributed by atoms with van der Waals surface area (Å²) in [5, 5.41) is 0.778. The first-order valence-corrected chi connectivity index (χ1v) is 8.82. The van der Waals surface area contributed by atoms with Crippen LogP contribution in [0.25, 0.3) is 22.3 Å². The molecule has 0 amide bonds. The first-order chi connectivity index (χ1) is 11.4. The molecule has 1 aliphatic rings. The van der Waals surface area contributed by atoms with Crippen molar-refractivity contribution in [2.24, 2.45) is 5.41 Å². The maximum Gasteiger partial charge on any atom is 0.0406 e.